The molecule has 0 saturated carbocycles. The SMILES string of the molecule is C1C[Se]C[Se]1. The molecule has 0 aromatic heterocycles. The van der Waals surface area contributed by atoms with Gasteiger partial charge in [-0.25, -0.2) is 0 Å². The van der Waals surface area contributed by atoms with Crippen LogP contribution in [0.15, 0.2) is 0 Å². The van der Waals surface area contributed by atoms with E-state index in [2.05, 4.69) is 0 Å². The summed E-state index contributed by atoms with van der Waals surface area (Å²) in [5.74, 6) is 0. The molecule has 1 fully saturated rings. The third kappa shape index (κ3) is 1.28. The third-order valence-corrected chi connectivity index (χ3v) is 8.25. The van der Waals surface area contributed by atoms with Gasteiger partial charge in [-0.1, -0.05) is 0 Å². The molecule has 1 aliphatic rings. The van der Waals surface area contributed by atoms with Crippen LogP contribution in [-0.4, -0.2) is 29.9 Å². The molecule has 0 aromatic rings. The van der Waals surface area contributed by atoms with E-state index in [-0.39, 0.29) is 0 Å². The first kappa shape index (κ1) is 4.20. The molecule has 0 unspecified atom stereocenters. The normalized spacial score (nSPS) is 24.0. The summed E-state index contributed by atoms with van der Waals surface area (Å²) in [7, 11) is 0. The van der Waals surface area contributed by atoms with Gasteiger partial charge < -0.3 is 0 Å². The second-order valence-corrected chi connectivity index (χ2v) is 7.42. The van der Waals surface area contributed by atoms with Crippen molar-refractivity contribution in [1.82, 2.24) is 0 Å². The molecule has 0 aliphatic carbocycles. The van der Waals surface area contributed by atoms with Crippen LogP contribution in [-0.2, 0) is 0 Å². The van der Waals surface area contributed by atoms with Crippen molar-refractivity contribution in [2.75, 3.05) is 0 Å². The van der Waals surface area contributed by atoms with E-state index in [1.165, 1.54) is 0 Å². The summed E-state index contributed by atoms with van der Waals surface area (Å²) in [6.07, 6.45) is 0. The molecule has 0 atom stereocenters. The average molecular weight is 200 g/mol. The van der Waals surface area contributed by atoms with Crippen molar-refractivity contribution < 1.29 is 0 Å². The van der Waals surface area contributed by atoms with Gasteiger partial charge in [0.1, 0.15) is 0 Å². The molecular weight excluding hydrogens is 194 g/mol. The summed E-state index contributed by atoms with van der Waals surface area (Å²) in [5, 5.41) is 3.18. The van der Waals surface area contributed by atoms with Gasteiger partial charge in [-0.2, -0.15) is 0 Å². The topological polar surface area (TPSA) is 0 Å². The zero-order chi connectivity index (χ0) is 3.54. The number of hydrogen-bond donors (Lipinski definition) is 0. The Morgan fingerprint density at radius 3 is 1.80 bits per heavy atom. The van der Waals surface area contributed by atoms with Gasteiger partial charge >= 0.3 is 44.8 Å². The van der Waals surface area contributed by atoms with E-state index in [1.807, 2.05) is 0 Å². The van der Waals surface area contributed by atoms with Crippen LogP contribution in [0.25, 0.3) is 0 Å². The van der Waals surface area contributed by atoms with Crippen LogP contribution in [0.4, 0.5) is 0 Å². The number of hydrogen-bond acceptors (Lipinski definition) is 0. The van der Waals surface area contributed by atoms with Crippen LogP contribution in [0.5, 0.6) is 0 Å². The Labute approximate surface area is 45.0 Å². The molecule has 1 aliphatic heterocycles. The monoisotopic (exact) mass is 202 g/mol. The molecule has 1 heterocycles. The molecule has 0 spiro atoms. The molecule has 0 nitrogen and oxygen atoms in total. The quantitative estimate of drug-likeness (QED) is 0.503. The molecule has 0 amide bonds. The van der Waals surface area contributed by atoms with E-state index in [0.29, 0.717) is 0 Å². The van der Waals surface area contributed by atoms with Gasteiger partial charge in [0.05, 0.1) is 0 Å². The molecule has 2 heteroatoms. The van der Waals surface area contributed by atoms with Gasteiger partial charge in [-0.3, -0.25) is 0 Å². The first-order chi connectivity index (χ1) is 2.50. The molecule has 1 rings (SSSR count). The van der Waals surface area contributed by atoms with Gasteiger partial charge in [-0.05, 0) is 0 Å². The molecule has 30 valence electrons. The fourth-order valence-electron chi connectivity index (χ4n) is 0.295. The minimum absolute atomic E-state index is 1.10. The van der Waals surface area contributed by atoms with E-state index in [9.17, 15) is 0 Å². The van der Waals surface area contributed by atoms with Crippen molar-refractivity contribution >= 4 is 29.9 Å². The summed E-state index contributed by atoms with van der Waals surface area (Å²) < 4.78 is 1.62. The predicted octanol–water partition coefficient (Wildman–Crippen LogP) is 0.621. The van der Waals surface area contributed by atoms with Crippen molar-refractivity contribution in [3.8, 4) is 0 Å². The second-order valence-electron chi connectivity index (χ2n) is 0.934. The average Bonchev–Trinajstić information content (AvgIpc) is 1.76. The molecule has 5 heavy (non-hydrogen) atoms. The molecule has 0 aromatic carbocycles. The van der Waals surface area contributed by atoms with Crippen molar-refractivity contribution in [1.29, 1.82) is 0 Å². The Bertz CT molecular complexity index is 16.5. The van der Waals surface area contributed by atoms with Gasteiger partial charge in [0.2, 0.25) is 0 Å². The van der Waals surface area contributed by atoms with Crippen LogP contribution in [0.1, 0.15) is 0 Å². The molecule has 1 saturated heterocycles. The van der Waals surface area contributed by atoms with Gasteiger partial charge in [-0.15, -0.1) is 0 Å². The molecule has 0 bridgehead atoms. The van der Waals surface area contributed by atoms with Crippen molar-refractivity contribution in [2.24, 2.45) is 0 Å². The van der Waals surface area contributed by atoms with Crippen molar-refractivity contribution in [2.45, 2.75) is 14.9 Å². The molecule has 0 radical (unpaired) electrons. The van der Waals surface area contributed by atoms with Crippen molar-refractivity contribution in [3.63, 3.8) is 0 Å². The zero-order valence-electron chi connectivity index (χ0n) is 2.94. The summed E-state index contributed by atoms with van der Waals surface area (Å²) in [6.45, 7) is 0. The maximum atomic E-state index is 1.62. The summed E-state index contributed by atoms with van der Waals surface area (Å²) >= 11 is 2.19. The van der Waals surface area contributed by atoms with Crippen molar-refractivity contribution in [3.05, 3.63) is 0 Å². The Hall–Kier alpha value is 1.04. The van der Waals surface area contributed by atoms with Crippen LogP contribution in [0.3, 0.4) is 0 Å². The summed E-state index contributed by atoms with van der Waals surface area (Å²) in [4.78, 5) is 0. The molecule has 0 N–H and O–H groups in total. The van der Waals surface area contributed by atoms with Crippen LogP contribution in [0.2, 0.25) is 14.9 Å². The van der Waals surface area contributed by atoms with Crippen LogP contribution in [0, 0.1) is 0 Å². The van der Waals surface area contributed by atoms with E-state index in [4.69, 9.17) is 0 Å². The summed E-state index contributed by atoms with van der Waals surface area (Å²) in [5.41, 5.74) is 0. The Balaban J connectivity index is 2.08. The van der Waals surface area contributed by atoms with Gasteiger partial charge in [0.25, 0.3) is 0 Å². The third-order valence-electron chi connectivity index (χ3n) is 0.539. The van der Waals surface area contributed by atoms with Crippen LogP contribution >= 0.6 is 0 Å². The molecular formula is C3H6Se2. The standard InChI is InChI=1S/C3H6Se2/c1-2-5-3-4-1/h1-3H2. The zero-order valence-corrected chi connectivity index (χ0v) is 6.36. The van der Waals surface area contributed by atoms with Gasteiger partial charge in [0.15, 0.2) is 0 Å². The fourth-order valence-corrected chi connectivity index (χ4v) is 7.95. The first-order valence-electron chi connectivity index (χ1n) is 1.65. The van der Waals surface area contributed by atoms with E-state index in [0.717, 1.165) is 29.9 Å². The predicted molar refractivity (Wildman–Crippen MR) is 25.9 cm³/mol. The Morgan fingerprint density at radius 1 is 1.00 bits per heavy atom. The maximum absolute atomic E-state index is 1.62. The van der Waals surface area contributed by atoms with E-state index >= 15 is 0 Å². The minimum atomic E-state index is 1.10. The second kappa shape index (κ2) is 2.25. The van der Waals surface area contributed by atoms with Crippen LogP contribution < -0.4 is 0 Å². The van der Waals surface area contributed by atoms with E-state index in [1.54, 1.807) is 14.9 Å². The Morgan fingerprint density at radius 2 is 1.60 bits per heavy atom. The number of rotatable bonds is 0. The van der Waals surface area contributed by atoms with Gasteiger partial charge in [0, 0.05) is 0 Å². The van der Waals surface area contributed by atoms with E-state index < -0.39 is 0 Å². The first-order valence-corrected chi connectivity index (χ1v) is 6.50. The Kier molecular flexibility index (Phi) is 1.90. The fraction of sp³-hybridized carbons (Fsp3) is 1.00. The summed E-state index contributed by atoms with van der Waals surface area (Å²) in [6, 6.07) is 0.